The summed E-state index contributed by atoms with van der Waals surface area (Å²) in [6.45, 7) is 10.5. The molecule has 144 valence electrons. The number of piperidine rings is 1. The van der Waals surface area contributed by atoms with Crippen molar-refractivity contribution < 1.29 is 4.79 Å². The first-order valence-electron chi connectivity index (χ1n) is 10.1. The summed E-state index contributed by atoms with van der Waals surface area (Å²) in [5.41, 5.74) is 8.83. The second-order valence-corrected chi connectivity index (χ2v) is 8.65. The van der Waals surface area contributed by atoms with Gasteiger partial charge in [-0.25, -0.2) is 10.4 Å². The van der Waals surface area contributed by atoms with Gasteiger partial charge in [-0.1, -0.05) is 13.8 Å². The molecule has 26 heavy (non-hydrogen) atoms. The predicted octanol–water partition coefficient (Wildman–Crippen LogP) is 0.997. The van der Waals surface area contributed by atoms with Gasteiger partial charge in [0.2, 0.25) is 5.91 Å². The molecule has 7 heteroatoms. The summed E-state index contributed by atoms with van der Waals surface area (Å²) in [6, 6.07) is 0.268. The molecule has 1 aromatic heterocycles. The highest BCUT2D eigenvalue weighted by Crippen LogP contribution is 2.42. The zero-order valence-corrected chi connectivity index (χ0v) is 16.2. The van der Waals surface area contributed by atoms with Crippen LogP contribution >= 0.6 is 0 Å². The van der Waals surface area contributed by atoms with Gasteiger partial charge in [0.15, 0.2) is 0 Å². The lowest BCUT2D eigenvalue weighted by molar-refractivity contribution is -0.136. The Morgan fingerprint density at radius 3 is 2.73 bits per heavy atom. The molecule has 2 fully saturated rings. The average molecular weight is 361 g/mol. The van der Waals surface area contributed by atoms with E-state index in [0.717, 1.165) is 51.9 Å². The van der Waals surface area contributed by atoms with E-state index in [1.165, 1.54) is 11.4 Å². The normalized spacial score (nSPS) is 28.7. The standard InChI is InChI=1S/C19H32N6O/c1-13(2)11-25-7-4-15-17(21-12-20-15)19(25)5-8-24(9-6-19)18(26)16-10-14(3)22-23-16/h12-14,16,22-23H,4-11H2,1-3H3,(H,20,21). The first-order valence-corrected chi connectivity index (χ1v) is 10.1. The molecule has 2 saturated heterocycles. The van der Waals surface area contributed by atoms with Gasteiger partial charge in [0.05, 0.1) is 17.6 Å². The number of nitrogens with zero attached hydrogens (tertiary/aromatic N) is 3. The number of hydrogen-bond donors (Lipinski definition) is 3. The largest absolute Gasteiger partial charge is 0.348 e. The van der Waals surface area contributed by atoms with Crippen LogP contribution in [0.4, 0.5) is 0 Å². The summed E-state index contributed by atoms with van der Waals surface area (Å²) >= 11 is 0. The highest BCUT2D eigenvalue weighted by Gasteiger charge is 2.47. The molecular weight excluding hydrogens is 328 g/mol. The van der Waals surface area contributed by atoms with Crippen molar-refractivity contribution in [1.82, 2.24) is 30.6 Å². The van der Waals surface area contributed by atoms with E-state index in [2.05, 4.69) is 46.4 Å². The van der Waals surface area contributed by atoms with Crippen LogP contribution in [-0.4, -0.2) is 63.9 Å². The Hall–Kier alpha value is -1.44. The lowest BCUT2D eigenvalue weighted by atomic mass is 9.78. The Bertz CT molecular complexity index is 648. The number of likely N-dealkylation sites (tertiary alicyclic amines) is 1. The molecule has 2 atom stereocenters. The Kier molecular flexibility index (Phi) is 4.79. The maximum Gasteiger partial charge on any atom is 0.241 e. The van der Waals surface area contributed by atoms with Crippen LogP contribution in [-0.2, 0) is 16.8 Å². The van der Waals surface area contributed by atoms with E-state index >= 15 is 0 Å². The molecule has 0 radical (unpaired) electrons. The van der Waals surface area contributed by atoms with Crippen molar-refractivity contribution in [3.63, 3.8) is 0 Å². The number of H-pyrrole nitrogens is 1. The summed E-state index contributed by atoms with van der Waals surface area (Å²) in [7, 11) is 0. The van der Waals surface area contributed by atoms with Gasteiger partial charge in [0.25, 0.3) is 0 Å². The van der Waals surface area contributed by atoms with E-state index in [4.69, 9.17) is 4.98 Å². The van der Waals surface area contributed by atoms with Crippen LogP contribution in [0.3, 0.4) is 0 Å². The third-order valence-corrected chi connectivity index (χ3v) is 6.28. The number of nitrogens with one attached hydrogen (secondary N) is 3. The van der Waals surface area contributed by atoms with Crippen molar-refractivity contribution in [2.45, 2.75) is 64.1 Å². The quantitative estimate of drug-likeness (QED) is 0.750. The number of fused-ring (bicyclic) bond motifs is 2. The number of rotatable bonds is 3. The van der Waals surface area contributed by atoms with Crippen molar-refractivity contribution in [2.75, 3.05) is 26.2 Å². The fourth-order valence-electron chi connectivity index (χ4n) is 4.98. The topological polar surface area (TPSA) is 76.3 Å². The number of hydrogen-bond acceptors (Lipinski definition) is 5. The van der Waals surface area contributed by atoms with Crippen molar-refractivity contribution in [3.05, 3.63) is 17.7 Å². The number of amides is 1. The second-order valence-electron chi connectivity index (χ2n) is 8.65. The van der Waals surface area contributed by atoms with Gasteiger partial charge in [-0.3, -0.25) is 15.1 Å². The minimum atomic E-state index is -0.0851. The summed E-state index contributed by atoms with van der Waals surface area (Å²) in [6.07, 6.45) is 5.70. The molecule has 1 spiro atoms. The minimum Gasteiger partial charge on any atom is -0.348 e. The average Bonchev–Trinajstić information content (AvgIpc) is 3.27. The molecule has 7 nitrogen and oxygen atoms in total. The summed E-state index contributed by atoms with van der Waals surface area (Å²) in [4.78, 5) is 25.6. The van der Waals surface area contributed by atoms with E-state index in [1.54, 1.807) is 0 Å². The molecule has 4 heterocycles. The van der Waals surface area contributed by atoms with E-state index in [0.29, 0.717) is 12.0 Å². The molecule has 0 aromatic carbocycles. The fourth-order valence-corrected chi connectivity index (χ4v) is 4.98. The second kappa shape index (κ2) is 6.94. The van der Waals surface area contributed by atoms with Crippen LogP contribution in [0.2, 0.25) is 0 Å². The molecule has 2 unspecified atom stereocenters. The molecule has 0 aliphatic carbocycles. The highest BCUT2D eigenvalue weighted by molar-refractivity contribution is 5.82. The zero-order valence-electron chi connectivity index (χ0n) is 16.2. The molecule has 3 N–H and O–H groups in total. The Morgan fingerprint density at radius 2 is 2.08 bits per heavy atom. The van der Waals surface area contributed by atoms with Crippen molar-refractivity contribution >= 4 is 5.91 Å². The smallest absolute Gasteiger partial charge is 0.241 e. The van der Waals surface area contributed by atoms with E-state index in [1.807, 2.05) is 6.33 Å². The summed E-state index contributed by atoms with van der Waals surface area (Å²) in [5.74, 6) is 0.868. The monoisotopic (exact) mass is 360 g/mol. The summed E-state index contributed by atoms with van der Waals surface area (Å²) in [5, 5.41) is 0. The van der Waals surface area contributed by atoms with Crippen LogP contribution in [0, 0.1) is 5.92 Å². The Balaban J connectivity index is 1.51. The van der Waals surface area contributed by atoms with Gasteiger partial charge >= 0.3 is 0 Å². The molecule has 1 amide bonds. The van der Waals surface area contributed by atoms with Crippen LogP contribution in [0.1, 0.15) is 51.4 Å². The van der Waals surface area contributed by atoms with Crippen LogP contribution in [0.15, 0.2) is 6.33 Å². The molecule has 0 saturated carbocycles. The summed E-state index contributed by atoms with van der Waals surface area (Å²) < 4.78 is 0. The highest BCUT2D eigenvalue weighted by atomic mass is 16.2. The molecule has 3 aliphatic rings. The van der Waals surface area contributed by atoms with Gasteiger partial charge in [-0.05, 0) is 32.1 Å². The zero-order chi connectivity index (χ0) is 18.3. The molecule has 4 rings (SSSR count). The number of carbonyl (C=O) groups is 1. The van der Waals surface area contributed by atoms with Crippen molar-refractivity contribution in [3.8, 4) is 0 Å². The van der Waals surface area contributed by atoms with Crippen LogP contribution in [0.25, 0.3) is 0 Å². The van der Waals surface area contributed by atoms with E-state index in [-0.39, 0.29) is 17.5 Å². The number of aromatic amines is 1. The first kappa shape index (κ1) is 17.9. The van der Waals surface area contributed by atoms with E-state index < -0.39 is 0 Å². The van der Waals surface area contributed by atoms with Crippen molar-refractivity contribution in [1.29, 1.82) is 0 Å². The lowest BCUT2D eigenvalue weighted by Gasteiger charge is -2.51. The third kappa shape index (κ3) is 3.06. The first-order chi connectivity index (χ1) is 12.5. The van der Waals surface area contributed by atoms with Crippen LogP contribution < -0.4 is 10.9 Å². The van der Waals surface area contributed by atoms with Crippen LogP contribution in [0.5, 0.6) is 0 Å². The lowest BCUT2D eigenvalue weighted by Crippen LogP contribution is -2.59. The van der Waals surface area contributed by atoms with Gasteiger partial charge < -0.3 is 9.88 Å². The van der Waals surface area contributed by atoms with Gasteiger partial charge in [0, 0.05) is 44.3 Å². The van der Waals surface area contributed by atoms with E-state index in [9.17, 15) is 4.79 Å². The van der Waals surface area contributed by atoms with Gasteiger partial charge in [-0.2, -0.15) is 0 Å². The Labute approximate surface area is 155 Å². The number of imidazole rings is 1. The maximum atomic E-state index is 12.9. The third-order valence-electron chi connectivity index (χ3n) is 6.28. The fraction of sp³-hybridized carbons (Fsp3) is 0.789. The number of aromatic nitrogens is 2. The van der Waals surface area contributed by atoms with Gasteiger partial charge in [-0.15, -0.1) is 0 Å². The number of hydrazine groups is 1. The molecule has 1 aromatic rings. The SMILES string of the molecule is CC(C)CN1CCc2[nH]cnc2C12CCN(C(=O)C1CC(C)NN1)CC2. The molecular formula is C19H32N6O. The minimum absolute atomic E-state index is 0.0106. The van der Waals surface area contributed by atoms with Gasteiger partial charge in [0.1, 0.15) is 6.04 Å². The molecule has 0 bridgehead atoms. The molecule has 3 aliphatic heterocycles. The maximum absolute atomic E-state index is 12.9. The van der Waals surface area contributed by atoms with Crippen molar-refractivity contribution in [2.24, 2.45) is 5.92 Å². The Morgan fingerprint density at radius 1 is 1.31 bits per heavy atom. The number of carbonyl (C=O) groups excluding carboxylic acids is 1. The predicted molar refractivity (Wildman–Crippen MR) is 100 cm³/mol.